The highest BCUT2D eigenvalue weighted by atomic mass is 32.1. The van der Waals surface area contributed by atoms with Crippen molar-refractivity contribution >= 4 is 40.8 Å². The number of hydrogen-bond acceptors (Lipinski definition) is 9. The number of aromatic nitrogens is 6. The number of fused-ring (bicyclic) bond motifs is 1. The van der Waals surface area contributed by atoms with Gasteiger partial charge in [0.05, 0.1) is 24.4 Å². The third-order valence-electron chi connectivity index (χ3n) is 6.02. The Morgan fingerprint density at radius 3 is 2.74 bits per heavy atom. The quantitative estimate of drug-likeness (QED) is 0.316. The van der Waals surface area contributed by atoms with Crippen LogP contribution in [0.25, 0.3) is 16.7 Å². The fourth-order valence-corrected chi connectivity index (χ4v) is 4.91. The molecule has 1 fully saturated rings. The maximum Gasteiger partial charge on any atom is 0.377 e. The van der Waals surface area contributed by atoms with Crippen molar-refractivity contribution in [3.05, 3.63) is 52.4 Å². The van der Waals surface area contributed by atoms with Gasteiger partial charge in [-0.05, 0) is 53.6 Å². The summed E-state index contributed by atoms with van der Waals surface area (Å²) in [5.41, 5.74) is 1.62. The van der Waals surface area contributed by atoms with Gasteiger partial charge in [-0.2, -0.15) is 13.4 Å². The second kappa shape index (κ2) is 9.14. The number of rotatable bonds is 5. The summed E-state index contributed by atoms with van der Waals surface area (Å²) in [6.07, 6.45) is 5.25. The van der Waals surface area contributed by atoms with E-state index in [1.165, 1.54) is 12.0 Å². The number of hydrogen-bond donors (Lipinski definition) is 0. The predicted molar refractivity (Wildman–Crippen MR) is 125 cm³/mol. The van der Waals surface area contributed by atoms with Crippen molar-refractivity contribution < 1.29 is 14.3 Å². The Morgan fingerprint density at radius 1 is 1.15 bits per heavy atom. The molecule has 12 heteroatoms. The van der Waals surface area contributed by atoms with Crippen molar-refractivity contribution in [2.75, 3.05) is 12.0 Å². The molecule has 174 valence electrons. The Labute approximate surface area is 197 Å². The number of carbonyl (C=O) groups excluding carboxylic acids is 2. The summed E-state index contributed by atoms with van der Waals surface area (Å²) in [6.45, 7) is 0. The lowest BCUT2D eigenvalue weighted by Crippen LogP contribution is -2.47. The van der Waals surface area contributed by atoms with E-state index in [-0.39, 0.29) is 6.04 Å². The van der Waals surface area contributed by atoms with E-state index in [4.69, 9.17) is 4.74 Å². The number of aldehydes is 1. The largest absolute Gasteiger partial charge is 0.496 e. The van der Waals surface area contributed by atoms with E-state index in [1.807, 2.05) is 0 Å². The van der Waals surface area contributed by atoms with Crippen LogP contribution in [0.2, 0.25) is 0 Å². The topological polar surface area (TPSA) is 125 Å². The lowest BCUT2D eigenvalue weighted by atomic mass is 9.94. The molecule has 0 atom stereocenters. The second-order valence-electron chi connectivity index (χ2n) is 7.98. The zero-order valence-corrected chi connectivity index (χ0v) is 19.1. The molecule has 11 nitrogen and oxygen atoms in total. The Bertz CT molecular complexity index is 1420. The number of carbonyl (C=O) groups is 2. The van der Waals surface area contributed by atoms with Gasteiger partial charge < -0.3 is 4.74 Å². The highest BCUT2D eigenvalue weighted by Gasteiger charge is 2.31. The van der Waals surface area contributed by atoms with Crippen molar-refractivity contribution in [2.24, 2.45) is 0 Å². The molecule has 1 aliphatic rings. The minimum Gasteiger partial charge on any atom is -0.496 e. The van der Waals surface area contributed by atoms with E-state index in [0.29, 0.717) is 40.0 Å². The standard InChI is InChI=1S/C22H21N7O4S/c1-33-19-11-10-16(12-14(19)13-30)27(15-6-3-2-4-7-15)21(31)29-22(32)28(25-26-29)18-9-5-8-17-20(18)24-34-23-17/h5,8-13,15H,2-4,6-7H2,1H3. The van der Waals surface area contributed by atoms with Crippen LogP contribution in [0.5, 0.6) is 5.75 Å². The summed E-state index contributed by atoms with van der Waals surface area (Å²) >= 11 is 1.02. The number of methoxy groups -OCH3 is 1. The average Bonchev–Trinajstić information content (AvgIpc) is 3.51. The normalized spacial score (nSPS) is 14.3. The monoisotopic (exact) mass is 479 g/mol. The first kappa shape index (κ1) is 21.9. The van der Waals surface area contributed by atoms with Crippen LogP contribution in [0.4, 0.5) is 10.5 Å². The van der Waals surface area contributed by atoms with Crippen molar-refractivity contribution in [2.45, 2.75) is 38.1 Å². The van der Waals surface area contributed by atoms with Gasteiger partial charge in [-0.15, -0.1) is 4.68 Å². The molecule has 0 spiro atoms. The Balaban J connectivity index is 1.58. The van der Waals surface area contributed by atoms with E-state index >= 15 is 0 Å². The average molecular weight is 480 g/mol. The molecule has 2 aromatic carbocycles. The van der Waals surface area contributed by atoms with Gasteiger partial charge >= 0.3 is 11.7 Å². The molecule has 0 saturated heterocycles. The molecule has 1 saturated carbocycles. The minimum atomic E-state index is -0.713. The summed E-state index contributed by atoms with van der Waals surface area (Å²) in [5, 5.41) is 7.84. The van der Waals surface area contributed by atoms with Crippen molar-refractivity contribution in [1.82, 2.24) is 28.5 Å². The molecule has 0 aliphatic heterocycles. The molecule has 0 bridgehead atoms. The van der Waals surface area contributed by atoms with Crippen LogP contribution in [-0.2, 0) is 0 Å². The first-order valence-corrected chi connectivity index (χ1v) is 11.6. The molecular weight excluding hydrogens is 458 g/mol. The molecule has 1 aliphatic carbocycles. The molecule has 0 unspecified atom stereocenters. The molecule has 0 radical (unpaired) electrons. The number of amides is 1. The van der Waals surface area contributed by atoms with E-state index in [2.05, 4.69) is 19.2 Å². The van der Waals surface area contributed by atoms with Gasteiger partial charge in [0, 0.05) is 11.7 Å². The van der Waals surface area contributed by atoms with Crippen LogP contribution in [0.3, 0.4) is 0 Å². The minimum absolute atomic E-state index is 0.141. The van der Waals surface area contributed by atoms with Crippen LogP contribution in [0.1, 0.15) is 42.5 Å². The number of ether oxygens (including phenoxy) is 1. The van der Waals surface area contributed by atoms with Crippen molar-refractivity contribution in [3.63, 3.8) is 0 Å². The summed E-state index contributed by atoms with van der Waals surface area (Å²) in [6, 6.07) is 9.35. The third kappa shape index (κ3) is 3.75. The summed E-state index contributed by atoms with van der Waals surface area (Å²) in [5.74, 6) is 0.405. The highest BCUT2D eigenvalue weighted by molar-refractivity contribution is 7.00. The molecule has 1 amide bonds. The Morgan fingerprint density at radius 2 is 1.97 bits per heavy atom. The fraction of sp³-hybridized carbons (Fsp3) is 0.318. The summed E-state index contributed by atoms with van der Waals surface area (Å²) in [7, 11) is 1.47. The van der Waals surface area contributed by atoms with Gasteiger partial charge in [-0.1, -0.05) is 25.3 Å². The summed E-state index contributed by atoms with van der Waals surface area (Å²) in [4.78, 5) is 40.1. The molecule has 0 N–H and O–H groups in total. The van der Waals surface area contributed by atoms with Gasteiger partial charge in [0.25, 0.3) is 0 Å². The lowest BCUT2D eigenvalue weighted by molar-refractivity contribution is 0.112. The molecule has 2 heterocycles. The smallest absolute Gasteiger partial charge is 0.377 e. The van der Waals surface area contributed by atoms with Crippen molar-refractivity contribution in [3.8, 4) is 11.4 Å². The number of nitrogens with zero attached hydrogens (tertiary/aromatic N) is 7. The number of tetrazole rings is 1. The van der Waals surface area contributed by atoms with Gasteiger partial charge in [-0.3, -0.25) is 9.69 Å². The van der Waals surface area contributed by atoms with Crippen molar-refractivity contribution in [1.29, 1.82) is 0 Å². The zero-order chi connectivity index (χ0) is 23.7. The lowest BCUT2D eigenvalue weighted by Gasteiger charge is -2.33. The van der Waals surface area contributed by atoms with E-state index in [0.717, 1.165) is 53.2 Å². The van der Waals surface area contributed by atoms with E-state index in [1.54, 1.807) is 36.4 Å². The molecule has 34 heavy (non-hydrogen) atoms. The van der Waals surface area contributed by atoms with Crippen LogP contribution < -0.4 is 15.3 Å². The highest BCUT2D eigenvalue weighted by Crippen LogP contribution is 2.31. The van der Waals surface area contributed by atoms with Crippen LogP contribution in [0, 0.1) is 0 Å². The third-order valence-corrected chi connectivity index (χ3v) is 6.56. The molecule has 4 aromatic rings. The van der Waals surface area contributed by atoms with Crippen LogP contribution in [-0.4, -0.2) is 54.0 Å². The first-order chi connectivity index (χ1) is 16.6. The zero-order valence-electron chi connectivity index (χ0n) is 18.3. The maximum atomic E-state index is 13.7. The van der Waals surface area contributed by atoms with Crippen LogP contribution >= 0.6 is 11.7 Å². The predicted octanol–water partition coefficient (Wildman–Crippen LogP) is 3.06. The number of benzene rings is 2. The fourth-order valence-electron chi connectivity index (χ4n) is 4.36. The Hall–Kier alpha value is -3.93. The summed E-state index contributed by atoms with van der Waals surface area (Å²) < 4.78 is 15.4. The Kier molecular flexibility index (Phi) is 5.88. The second-order valence-corrected chi connectivity index (χ2v) is 8.51. The van der Waals surface area contributed by atoms with E-state index in [9.17, 15) is 14.4 Å². The first-order valence-electron chi connectivity index (χ1n) is 10.9. The molecule has 2 aromatic heterocycles. The SMILES string of the molecule is COc1ccc(N(C(=O)n2nnn(-c3cccc4nsnc34)c2=O)C2CCCCC2)cc1C=O. The molecule has 5 rings (SSSR count). The van der Waals surface area contributed by atoms with Gasteiger partial charge in [-0.25, -0.2) is 9.59 Å². The molecular formula is C22H21N7O4S. The van der Waals surface area contributed by atoms with Crippen LogP contribution in [0.15, 0.2) is 41.2 Å². The van der Waals surface area contributed by atoms with Gasteiger partial charge in [0.15, 0.2) is 6.29 Å². The maximum absolute atomic E-state index is 13.7. The van der Waals surface area contributed by atoms with Gasteiger partial charge in [0.1, 0.15) is 22.5 Å². The number of anilines is 1. The van der Waals surface area contributed by atoms with E-state index < -0.39 is 11.7 Å². The van der Waals surface area contributed by atoms with Gasteiger partial charge in [0.2, 0.25) is 0 Å².